The minimum Gasteiger partial charge on any atom is -0.435 e. The molecule has 1 atom stereocenters. The standard InChI is InChI=1S/C20H20F2N2O2/c1-19(2)15-6-4-5-7-17(15)24(3)20(19)12-16(23-26-20)13-8-10-14(11-9-13)25-18(21)22/h4-11,18H,12H2,1-3H3/t20-/m1/s1. The molecule has 0 unspecified atom stereocenters. The summed E-state index contributed by atoms with van der Waals surface area (Å²) in [6.45, 7) is 1.49. The lowest BCUT2D eigenvalue weighted by atomic mass is 9.75. The average molecular weight is 358 g/mol. The molecule has 0 amide bonds. The van der Waals surface area contributed by atoms with Gasteiger partial charge in [0.05, 0.1) is 17.5 Å². The molecule has 0 saturated heterocycles. The van der Waals surface area contributed by atoms with E-state index in [4.69, 9.17) is 4.84 Å². The molecule has 1 spiro atoms. The number of fused-ring (bicyclic) bond motifs is 1. The number of benzene rings is 2. The summed E-state index contributed by atoms with van der Waals surface area (Å²) >= 11 is 0. The predicted molar refractivity (Wildman–Crippen MR) is 95.9 cm³/mol. The van der Waals surface area contributed by atoms with Gasteiger partial charge < -0.3 is 14.5 Å². The number of likely N-dealkylation sites (N-methyl/N-ethyl adjacent to an activating group) is 1. The van der Waals surface area contributed by atoms with Gasteiger partial charge >= 0.3 is 6.61 Å². The van der Waals surface area contributed by atoms with E-state index >= 15 is 0 Å². The molecular formula is C20H20F2N2O2. The van der Waals surface area contributed by atoms with E-state index in [2.05, 4.69) is 40.8 Å². The topological polar surface area (TPSA) is 34.1 Å². The molecule has 6 heteroatoms. The van der Waals surface area contributed by atoms with Crippen LogP contribution in [0.2, 0.25) is 0 Å². The zero-order valence-corrected chi connectivity index (χ0v) is 14.9. The number of anilines is 1. The molecule has 2 aromatic carbocycles. The molecular weight excluding hydrogens is 338 g/mol. The molecule has 2 heterocycles. The number of para-hydroxylation sites is 1. The number of ether oxygens (including phenoxy) is 1. The fraction of sp³-hybridized carbons (Fsp3) is 0.350. The zero-order valence-electron chi connectivity index (χ0n) is 14.9. The summed E-state index contributed by atoms with van der Waals surface area (Å²) in [5, 5.41) is 4.35. The molecule has 0 aliphatic carbocycles. The Bertz CT molecular complexity index is 864. The summed E-state index contributed by atoms with van der Waals surface area (Å²) in [5.74, 6) is 0.128. The maximum Gasteiger partial charge on any atom is 0.387 e. The summed E-state index contributed by atoms with van der Waals surface area (Å²) in [5.41, 5.74) is 3.12. The van der Waals surface area contributed by atoms with Crippen LogP contribution < -0.4 is 9.64 Å². The Morgan fingerprint density at radius 3 is 2.46 bits per heavy atom. The molecule has 4 rings (SSSR count). The Hall–Kier alpha value is -2.63. The van der Waals surface area contributed by atoms with E-state index in [-0.39, 0.29) is 11.2 Å². The molecule has 0 aromatic heterocycles. The van der Waals surface area contributed by atoms with Crippen molar-refractivity contribution in [3.63, 3.8) is 0 Å². The van der Waals surface area contributed by atoms with E-state index in [0.717, 1.165) is 17.0 Å². The van der Waals surface area contributed by atoms with Crippen LogP contribution in [0.4, 0.5) is 14.5 Å². The Morgan fingerprint density at radius 2 is 1.81 bits per heavy atom. The van der Waals surface area contributed by atoms with Crippen molar-refractivity contribution in [2.45, 2.75) is 38.0 Å². The Kier molecular flexibility index (Phi) is 3.68. The normalized spacial score (nSPS) is 23.2. The SMILES string of the molecule is CN1c2ccccc2C(C)(C)[C@]12CC(c1ccc(OC(F)F)cc1)=NO2. The lowest BCUT2D eigenvalue weighted by Crippen LogP contribution is -2.54. The van der Waals surface area contributed by atoms with Crippen LogP contribution in [0.3, 0.4) is 0 Å². The number of halogens is 2. The van der Waals surface area contributed by atoms with Crippen molar-refractivity contribution in [2.24, 2.45) is 5.16 Å². The van der Waals surface area contributed by atoms with E-state index < -0.39 is 12.3 Å². The van der Waals surface area contributed by atoms with E-state index in [1.54, 1.807) is 12.1 Å². The van der Waals surface area contributed by atoms with Crippen molar-refractivity contribution in [1.29, 1.82) is 0 Å². The first-order chi connectivity index (χ1) is 12.3. The van der Waals surface area contributed by atoms with Gasteiger partial charge in [-0.25, -0.2) is 0 Å². The number of hydrogen-bond acceptors (Lipinski definition) is 4. The third-order valence-electron chi connectivity index (χ3n) is 5.58. The molecule has 4 nitrogen and oxygen atoms in total. The highest BCUT2D eigenvalue weighted by atomic mass is 19.3. The van der Waals surface area contributed by atoms with E-state index in [1.165, 1.54) is 17.7 Å². The van der Waals surface area contributed by atoms with Crippen molar-refractivity contribution in [3.05, 3.63) is 59.7 Å². The van der Waals surface area contributed by atoms with Gasteiger partial charge in [0.25, 0.3) is 0 Å². The predicted octanol–water partition coefficient (Wildman–Crippen LogP) is 4.54. The second kappa shape index (κ2) is 5.69. The third kappa shape index (κ3) is 2.28. The quantitative estimate of drug-likeness (QED) is 0.808. The molecule has 0 bridgehead atoms. The van der Waals surface area contributed by atoms with Crippen molar-refractivity contribution in [1.82, 2.24) is 0 Å². The van der Waals surface area contributed by atoms with E-state index in [1.807, 2.05) is 19.2 Å². The number of rotatable bonds is 3. The summed E-state index contributed by atoms with van der Waals surface area (Å²) in [6, 6.07) is 14.8. The van der Waals surface area contributed by atoms with Crippen molar-refractivity contribution in [2.75, 3.05) is 11.9 Å². The van der Waals surface area contributed by atoms with Gasteiger partial charge in [0.1, 0.15) is 5.75 Å². The van der Waals surface area contributed by atoms with Gasteiger partial charge in [-0.2, -0.15) is 8.78 Å². The summed E-state index contributed by atoms with van der Waals surface area (Å²) in [4.78, 5) is 8.18. The van der Waals surface area contributed by atoms with Gasteiger partial charge in [0.2, 0.25) is 5.72 Å². The van der Waals surface area contributed by atoms with Crippen LogP contribution in [-0.2, 0) is 10.3 Å². The van der Waals surface area contributed by atoms with Gasteiger partial charge in [0.15, 0.2) is 0 Å². The highest BCUT2D eigenvalue weighted by Crippen LogP contribution is 2.55. The maximum absolute atomic E-state index is 12.3. The van der Waals surface area contributed by atoms with Crippen LogP contribution in [0.5, 0.6) is 5.75 Å². The van der Waals surface area contributed by atoms with E-state index in [0.29, 0.717) is 6.42 Å². The molecule has 0 saturated carbocycles. The average Bonchev–Trinajstić information content (AvgIpc) is 3.13. The molecule has 0 fully saturated rings. The van der Waals surface area contributed by atoms with E-state index in [9.17, 15) is 8.78 Å². The number of nitrogens with zero attached hydrogens (tertiary/aromatic N) is 2. The van der Waals surface area contributed by atoms with Crippen molar-refractivity contribution >= 4 is 11.4 Å². The first-order valence-corrected chi connectivity index (χ1v) is 8.49. The maximum atomic E-state index is 12.3. The van der Waals surface area contributed by atoms with Crippen molar-refractivity contribution in [3.8, 4) is 5.75 Å². The first-order valence-electron chi connectivity index (χ1n) is 8.49. The molecule has 0 N–H and O–H groups in total. The molecule has 0 radical (unpaired) electrons. The lowest BCUT2D eigenvalue weighted by molar-refractivity contribution is -0.0591. The van der Waals surface area contributed by atoms with Crippen LogP contribution in [0.1, 0.15) is 31.4 Å². The summed E-state index contributed by atoms with van der Waals surface area (Å²) < 4.78 is 29.0. The fourth-order valence-corrected chi connectivity index (χ4v) is 4.04. The lowest BCUT2D eigenvalue weighted by Gasteiger charge is -2.40. The highest BCUT2D eigenvalue weighted by molar-refractivity contribution is 6.02. The Balaban J connectivity index is 1.62. The monoisotopic (exact) mass is 358 g/mol. The molecule has 2 aliphatic rings. The van der Waals surface area contributed by atoms with Gasteiger partial charge in [-0.15, -0.1) is 0 Å². The molecule has 136 valence electrons. The number of hydrogen-bond donors (Lipinski definition) is 0. The van der Waals surface area contributed by atoms with Crippen LogP contribution in [0, 0.1) is 0 Å². The fourth-order valence-electron chi connectivity index (χ4n) is 4.04. The van der Waals surface area contributed by atoms with Crippen LogP contribution in [0.15, 0.2) is 53.7 Å². The summed E-state index contributed by atoms with van der Waals surface area (Å²) in [6.07, 6.45) is 0.597. The first kappa shape index (κ1) is 16.8. The molecule has 26 heavy (non-hydrogen) atoms. The van der Waals surface area contributed by atoms with Crippen LogP contribution in [-0.4, -0.2) is 25.1 Å². The summed E-state index contributed by atoms with van der Waals surface area (Å²) in [7, 11) is 2.02. The van der Waals surface area contributed by atoms with Gasteiger partial charge in [0, 0.05) is 12.7 Å². The largest absolute Gasteiger partial charge is 0.435 e. The smallest absolute Gasteiger partial charge is 0.387 e. The zero-order chi connectivity index (χ0) is 18.5. The molecule has 2 aromatic rings. The van der Waals surface area contributed by atoms with Gasteiger partial charge in [-0.05, 0) is 55.3 Å². The van der Waals surface area contributed by atoms with Gasteiger partial charge in [-0.1, -0.05) is 23.4 Å². The second-order valence-corrected chi connectivity index (χ2v) is 7.19. The van der Waals surface area contributed by atoms with Crippen molar-refractivity contribution < 1.29 is 18.4 Å². The number of oxime groups is 1. The third-order valence-corrected chi connectivity index (χ3v) is 5.58. The minimum absolute atomic E-state index is 0.128. The van der Waals surface area contributed by atoms with Gasteiger partial charge in [-0.3, -0.25) is 0 Å². The highest BCUT2D eigenvalue weighted by Gasteiger charge is 2.61. The van der Waals surface area contributed by atoms with Crippen LogP contribution >= 0.6 is 0 Å². The van der Waals surface area contributed by atoms with Crippen LogP contribution in [0.25, 0.3) is 0 Å². The Morgan fingerprint density at radius 1 is 1.12 bits per heavy atom. The minimum atomic E-state index is -2.83. The molecule has 2 aliphatic heterocycles. The second-order valence-electron chi connectivity index (χ2n) is 7.19. The number of alkyl halides is 2. The Labute approximate surface area is 151 Å².